The van der Waals surface area contributed by atoms with E-state index in [1.807, 2.05) is 6.07 Å². The topological polar surface area (TPSA) is 94.0 Å². The van der Waals surface area contributed by atoms with Crippen LogP contribution in [0.15, 0.2) is 40.6 Å². The maximum atomic E-state index is 12.0. The lowest BCUT2D eigenvalue weighted by Gasteiger charge is -2.08. The second-order valence-corrected chi connectivity index (χ2v) is 6.00. The number of thiazole rings is 1. The summed E-state index contributed by atoms with van der Waals surface area (Å²) in [7, 11) is 0. The highest BCUT2D eigenvalue weighted by Crippen LogP contribution is 2.16. The molecule has 2 heterocycles. The van der Waals surface area contributed by atoms with Gasteiger partial charge in [-0.2, -0.15) is 5.10 Å². The van der Waals surface area contributed by atoms with Gasteiger partial charge in [0.15, 0.2) is 10.9 Å². The van der Waals surface area contributed by atoms with Gasteiger partial charge in [0.1, 0.15) is 5.69 Å². The van der Waals surface area contributed by atoms with Crippen molar-refractivity contribution in [1.82, 2.24) is 14.8 Å². The number of para-hydroxylation sites is 1. The Balaban J connectivity index is 1.69. The molecule has 24 heavy (non-hydrogen) atoms. The van der Waals surface area contributed by atoms with Gasteiger partial charge in [0.25, 0.3) is 0 Å². The van der Waals surface area contributed by atoms with E-state index in [9.17, 15) is 14.4 Å². The van der Waals surface area contributed by atoms with Crippen LogP contribution in [-0.2, 0) is 11.3 Å². The Morgan fingerprint density at radius 1 is 1.29 bits per heavy atom. The smallest absolute Gasteiger partial charge is 0.228 e. The van der Waals surface area contributed by atoms with Gasteiger partial charge in [0.05, 0.1) is 18.3 Å². The highest BCUT2D eigenvalue weighted by atomic mass is 32.1. The molecule has 1 N–H and O–H groups in total. The third kappa shape index (κ3) is 3.38. The molecule has 0 aliphatic rings. The maximum Gasteiger partial charge on any atom is 0.228 e. The minimum absolute atomic E-state index is 0.143. The molecule has 0 saturated carbocycles. The first kappa shape index (κ1) is 16.0. The molecule has 0 bridgehead atoms. The van der Waals surface area contributed by atoms with Gasteiger partial charge in [-0.15, -0.1) is 11.3 Å². The quantitative estimate of drug-likeness (QED) is 0.717. The van der Waals surface area contributed by atoms with Gasteiger partial charge in [-0.3, -0.25) is 19.1 Å². The number of carbonyl (C=O) groups is 2. The largest absolute Gasteiger partial charge is 0.302 e. The molecule has 8 heteroatoms. The average Bonchev–Trinajstić information content (AvgIpc) is 3.03. The summed E-state index contributed by atoms with van der Waals surface area (Å²) in [6.45, 7) is 1.76. The Morgan fingerprint density at radius 2 is 2.08 bits per heavy atom. The summed E-state index contributed by atoms with van der Waals surface area (Å²) in [4.78, 5) is 39.1. The summed E-state index contributed by atoms with van der Waals surface area (Å²) in [5, 5.41) is 9.31. The minimum Gasteiger partial charge on any atom is -0.302 e. The minimum atomic E-state index is -0.232. The Kier molecular flexibility index (Phi) is 4.48. The monoisotopic (exact) mass is 342 g/mol. The molecule has 3 aromatic rings. The number of nitrogens with zero attached hydrogens (tertiary/aromatic N) is 3. The average molecular weight is 342 g/mol. The number of fused-ring (bicyclic) bond motifs is 1. The van der Waals surface area contributed by atoms with Crippen LogP contribution >= 0.6 is 11.3 Å². The third-order valence-corrected chi connectivity index (χ3v) is 4.18. The first-order valence-corrected chi connectivity index (χ1v) is 8.14. The van der Waals surface area contributed by atoms with Crippen molar-refractivity contribution in [3.8, 4) is 0 Å². The number of hydrogen-bond acceptors (Lipinski definition) is 6. The van der Waals surface area contributed by atoms with E-state index in [1.54, 1.807) is 28.3 Å². The number of carbonyl (C=O) groups excluding carboxylic acids is 2. The molecular formula is C16H14N4O3S. The Morgan fingerprint density at radius 3 is 2.83 bits per heavy atom. The molecule has 0 atom stereocenters. The third-order valence-electron chi connectivity index (χ3n) is 3.42. The van der Waals surface area contributed by atoms with Gasteiger partial charge in [-0.05, 0) is 12.1 Å². The summed E-state index contributed by atoms with van der Waals surface area (Å²) in [6, 6.07) is 7.13. The highest BCUT2D eigenvalue weighted by molar-refractivity contribution is 7.14. The standard InChI is InChI=1S/C16H14N4O3S/c1-10(21)12-9-24-16(18-12)19-15(23)6-7-20-13-5-3-2-4-11(13)14(22)8-17-20/h2-5,8-9H,6-7H2,1H3,(H,18,19,23). The number of ketones is 1. The van der Waals surface area contributed by atoms with E-state index in [4.69, 9.17) is 0 Å². The van der Waals surface area contributed by atoms with E-state index in [0.717, 1.165) is 0 Å². The van der Waals surface area contributed by atoms with E-state index < -0.39 is 0 Å². The summed E-state index contributed by atoms with van der Waals surface area (Å²) < 4.78 is 1.62. The van der Waals surface area contributed by atoms with Crippen molar-refractivity contribution < 1.29 is 9.59 Å². The second-order valence-electron chi connectivity index (χ2n) is 5.14. The first-order chi connectivity index (χ1) is 11.5. The molecule has 0 fully saturated rings. The summed E-state index contributed by atoms with van der Waals surface area (Å²) in [6.07, 6.45) is 1.43. The van der Waals surface area contributed by atoms with Crippen LogP contribution in [0.5, 0.6) is 0 Å². The number of Topliss-reactive ketones (excluding diaryl/α,β-unsaturated/α-hetero) is 1. The van der Waals surface area contributed by atoms with Gasteiger partial charge in [-0.25, -0.2) is 4.98 Å². The number of benzene rings is 1. The number of anilines is 1. The van der Waals surface area contributed by atoms with Gasteiger partial charge < -0.3 is 5.32 Å². The first-order valence-electron chi connectivity index (χ1n) is 7.26. The highest BCUT2D eigenvalue weighted by Gasteiger charge is 2.10. The van der Waals surface area contributed by atoms with E-state index >= 15 is 0 Å². The number of aromatic nitrogens is 3. The van der Waals surface area contributed by atoms with Crippen molar-refractivity contribution in [3.63, 3.8) is 0 Å². The second kappa shape index (κ2) is 6.71. The molecule has 1 aromatic carbocycles. The number of nitrogens with one attached hydrogen (secondary N) is 1. The van der Waals surface area contributed by atoms with Crippen LogP contribution in [-0.4, -0.2) is 26.5 Å². The number of amides is 1. The van der Waals surface area contributed by atoms with Crippen molar-refractivity contribution in [1.29, 1.82) is 0 Å². The lowest BCUT2D eigenvalue weighted by Crippen LogP contribution is -2.18. The zero-order valence-corrected chi connectivity index (χ0v) is 13.7. The van der Waals surface area contributed by atoms with Crippen LogP contribution in [0.25, 0.3) is 10.9 Å². The molecule has 122 valence electrons. The zero-order valence-electron chi connectivity index (χ0n) is 12.9. The molecule has 2 aromatic heterocycles. The normalized spacial score (nSPS) is 10.7. The fourth-order valence-corrected chi connectivity index (χ4v) is 2.99. The lowest BCUT2D eigenvalue weighted by molar-refractivity contribution is -0.116. The predicted molar refractivity (Wildman–Crippen MR) is 91.4 cm³/mol. The van der Waals surface area contributed by atoms with Crippen molar-refractivity contribution in [3.05, 3.63) is 51.8 Å². The number of aryl methyl sites for hydroxylation is 1. The van der Waals surface area contributed by atoms with Crippen molar-refractivity contribution in [2.24, 2.45) is 0 Å². The molecular weight excluding hydrogens is 328 g/mol. The molecule has 7 nitrogen and oxygen atoms in total. The van der Waals surface area contributed by atoms with Crippen molar-refractivity contribution in [2.75, 3.05) is 5.32 Å². The molecule has 0 radical (unpaired) electrons. The number of hydrogen-bond donors (Lipinski definition) is 1. The molecule has 1 amide bonds. The summed E-state index contributed by atoms with van der Waals surface area (Å²) in [5.74, 6) is -0.375. The van der Waals surface area contributed by atoms with Crippen LogP contribution in [0.1, 0.15) is 23.8 Å². The van der Waals surface area contributed by atoms with E-state index in [0.29, 0.717) is 28.3 Å². The molecule has 3 rings (SSSR count). The van der Waals surface area contributed by atoms with Gasteiger partial charge >= 0.3 is 0 Å². The molecule has 0 aliphatic carbocycles. The molecule has 0 aliphatic heterocycles. The fourth-order valence-electron chi connectivity index (χ4n) is 2.22. The Bertz CT molecular complexity index is 977. The van der Waals surface area contributed by atoms with E-state index in [2.05, 4.69) is 15.4 Å². The molecule has 0 spiro atoms. The summed E-state index contributed by atoms with van der Waals surface area (Å²) in [5.41, 5.74) is 0.875. The number of rotatable bonds is 5. The maximum absolute atomic E-state index is 12.0. The van der Waals surface area contributed by atoms with Crippen LogP contribution in [0.2, 0.25) is 0 Å². The lowest BCUT2D eigenvalue weighted by atomic mass is 10.2. The van der Waals surface area contributed by atoms with E-state index in [1.165, 1.54) is 24.5 Å². The zero-order chi connectivity index (χ0) is 17.1. The molecule has 0 unspecified atom stereocenters. The summed E-state index contributed by atoms with van der Waals surface area (Å²) >= 11 is 1.20. The molecule has 0 saturated heterocycles. The SMILES string of the molecule is CC(=O)c1csc(NC(=O)CCn2ncc(=O)c3ccccc32)n1. The van der Waals surface area contributed by atoms with Crippen LogP contribution in [0.4, 0.5) is 5.13 Å². The predicted octanol–water partition coefficient (Wildman–Crippen LogP) is 2.08. The van der Waals surface area contributed by atoms with Crippen molar-refractivity contribution >= 4 is 39.1 Å². The van der Waals surface area contributed by atoms with Crippen LogP contribution < -0.4 is 10.7 Å². The Hall–Kier alpha value is -2.87. The van der Waals surface area contributed by atoms with Gasteiger partial charge in [0.2, 0.25) is 11.3 Å². The van der Waals surface area contributed by atoms with Crippen LogP contribution in [0, 0.1) is 0 Å². The van der Waals surface area contributed by atoms with E-state index in [-0.39, 0.29) is 23.5 Å². The Labute approximate surface area is 141 Å². The van der Waals surface area contributed by atoms with Crippen LogP contribution in [0.3, 0.4) is 0 Å². The van der Waals surface area contributed by atoms with Crippen molar-refractivity contribution in [2.45, 2.75) is 19.9 Å². The van der Waals surface area contributed by atoms with Gasteiger partial charge in [-0.1, -0.05) is 12.1 Å². The fraction of sp³-hybridized carbons (Fsp3) is 0.188. The van der Waals surface area contributed by atoms with Gasteiger partial charge in [0, 0.05) is 24.1 Å².